The Balaban J connectivity index is 1.62. The molecule has 0 saturated carbocycles. The van der Waals surface area contributed by atoms with E-state index in [1.54, 1.807) is 30.3 Å². The summed E-state index contributed by atoms with van der Waals surface area (Å²) >= 11 is 0. The first-order valence-electron chi connectivity index (χ1n) is 23.0. The molecule has 2 aromatic carbocycles. The molecule has 6 atom stereocenters. The van der Waals surface area contributed by atoms with Crippen LogP contribution < -0.4 is 38.1 Å². The smallest absolute Gasteiger partial charge is 0.326 e. The highest BCUT2D eigenvalue weighted by Gasteiger charge is 2.32. The van der Waals surface area contributed by atoms with Gasteiger partial charge in [-0.05, 0) is 43.2 Å². The summed E-state index contributed by atoms with van der Waals surface area (Å²) in [7, 11) is 0. The molecular formula is C48H73N7O10. The molecule has 0 aliphatic rings. The number of carboxylic acid groups (broad SMARTS) is 1. The lowest BCUT2D eigenvalue weighted by atomic mass is 10.0. The van der Waals surface area contributed by atoms with E-state index in [-0.39, 0.29) is 43.9 Å². The lowest BCUT2D eigenvalue weighted by molar-refractivity contribution is -0.142. The first kappa shape index (κ1) is 55.3. The van der Waals surface area contributed by atoms with E-state index < -0.39 is 84.1 Å². The molecule has 0 aliphatic carbocycles. The number of carboxylic acids is 1. The Bertz CT molecular complexity index is 1790. The van der Waals surface area contributed by atoms with Crippen molar-refractivity contribution < 1.29 is 48.6 Å². The number of aliphatic carboxylic acids is 1. The van der Waals surface area contributed by atoms with Crippen molar-refractivity contribution in [3.05, 3.63) is 71.8 Å². The predicted octanol–water partition coefficient (Wildman–Crippen LogP) is 3.23. The number of benzene rings is 2. The normalized spacial score (nSPS) is 13.9. The van der Waals surface area contributed by atoms with Gasteiger partial charge in [0.05, 0.1) is 12.5 Å². The molecule has 0 aromatic heterocycles. The van der Waals surface area contributed by atoms with Crippen LogP contribution in [0, 0.1) is 5.92 Å². The zero-order valence-corrected chi connectivity index (χ0v) is 38.4. The van der Waals surface area contributed by atoms with Crippen LogP contribution in [0.2, 0.25) is 0 Å². The molecule has 11 N–H and O–H groups in total. The highest BCUT2D eigenvalue weighted by molar-refractivity contribution is 5.95. The van der Waals surface area contributed by atoms with Crippen LogP contribution in [-0.2, 0) is 51.2 Å². The van der Waals surface area contributed by atoms with Crippen molar-refractivity contribution in [1.29, 1.82) is 0 Å². The molecule has 2 aromatic rings. The molecule has 2 rings (SSSR count). The van der Waals surface area contributed by atoms with Gasteiger partial charge in [-0.25, -0.2) is 4.79 Å². The molecule has 7 amide bonds. The molecule has 0 bridgehead atoms. The summed E-state index contributed by atoms with van der Waals surface area (Å²) < 4.78 is 0. The average molecular weight is 908 g/mol. The third kappa shape index (κ3) is 24.1. The van der Waals surface area contributed by atoms with Crippen molar-refractivity contribution in [3.8, 4) is 0 Å². The first-order valence-corrected chi connectivity index (χ1v) is 23.0. The van der Waals surface area contributed by atoms with E-state index in [9.17, 15) is 48.6 Å². The molecule has 17 nitrogen and oxygen atoms in total. The molecule has 0 unspecified atom stereocenters. The SMILES string of the molecule is CC(C)C[C@H](NC(=O)[C@@H](NC(=O)CCCCCCCCCCCCCCC(=O)N[C@@H](CC(N)=O)C(=O)N[C@@H](Cc1ccccc1)C(=O)O)[C@@H](C)O)C(=O)N[C@@H](Cc1ccccc1)C(N)=O. The number of rotatable bonds is 34. The van der Waals surface area contributed by atoms with Crippen molar-refractivity contribution in [2.24, 2.45) is 17.4 Å². The van der Waals surface area contributed by atoms with Crippen molar-refractivity contribution in [2.45, 2.75) is 173 Å². The van der Waals surface area contributed by atoms with Crippen molar-refractivity contribution in [2.75, 3.05) is 0 Å². The van der Waals surface area contributed by atoms with E-state index in [0.29, 0.717) is 18.4 Å². The fraction of sp³-hybridized carbons (Fsp3) is 0.583. The van der Waals surface area contributed by atoms with Gasteiger partial charge in [0.15, 0.2) is 0 Å². The summed E-state index contributed by atoms with van der Waals surface area (Å²) in [4.78, 5) is 100. The number of hydrogen-bond donors (Lipinski definition) is 9. The summed E-state index contributed by atoms with van der Waals surface area (Å²) in [5.41, 5.74) is 12.4. The van der Waals surface area contributed by atoms with Gasteiger partial charge in [0, 0.05) is 25.7 Å². The van der Waals surface area contributed by atoms with Gasteiger partial charge in [-0.1, -0.05) is 139 Å². The van der Waals surface area contributed by atoms with Crippen LogP contribution in [0.25, 0.3) is 0 Å². The summed E-state index contributed by atoms with van der Waals surface area (Å²) in [5, 5.41) is 32.9. The van der Waals surface area contributed by atoms with Crippen LogP contribution in [-0.4, -0.2) is 93.8 Å². The topological polar surface area (TPSA) is 289 Å². The number of nitrogens with two attached hydrogens (primary N) is 2. The minimum Gasteiger partial charge on any atom is -0.480 e. The maximum absolute atomic E-state index is 13.3. The Hall–Kier alpha value is -5.84. The molecule has 0 heterocycles. The molecule has 0 radical (unpaired) electrons. The average Bonchev–Trinajstić information content (AvgIpc) is 3.24. The van der Waals surface area contributed by atoms with Crippen molar-refractivity contribution in [1.82, 2.24) is 26.6 Å². The number of amides is 7. The zero-order valence-electron chi connectivity index (χ0n) is 38.4. The third-order valence-electron chi connectivity index (χ3n) is 10.9. The molecule has 65 heavy (non-hydrogen) atoms. The largest absolute Gasteiger partial charge is 0.480 e. The number of unbranched alkanes of at least 4 members (excludes halogenated alkanes) is 11. The van der Waals surface area contributed by atoms with Crippen LogP contribution in [0.5, 0.6) is 0 Å². The molecule has 0 fully saturated rings. The highest BCUT2D eigenvalue weighted by atomic mass is 16.4. The lowest BCUT2D eigenvalue weighted by Gasteiger charge is -2.26. The Labute approximate surface area is 383 Å². The monoisotopic (exact) mass is 908 g/mol. The van der Waals surface area contributed by atoms with Gasteiger partial charge in [-0.15, -0.1) is 0 Å². The maximum atomic E-state index is 13.3. The molecule has 360 valence electrons. The number of primary amides is 2. The Morgan fingerprint density at radius 3 is 1.32 bits per heavy atom. The molecule has 17 heteroatoms. The minimum atomic E-state index is -1.28. The van der Waals surface area contributed by atoms with Crippen LogP contribution in [0.3, 0.4) is 0 Å². The van der Waals surface area contributed by atoms with Crippen LogP contribution in [0.1, 0.15) is 135 Å². The van der Waals surface area contributed by atoms with Crippen LogP contribution in [0.4, 0.5) is 0 Å². The van der Waals surface area contributed by atoms with Gasteiger partial charge >= 0.3 is 5.97 Å². The van der Waals surface area contributed by atoms with Gasteiger partial charge < -0.3 is 48.3 Å². The summed E-state index contributed by atoms with van der Waals surface area (Å²) in [6, 6.07) is 12.0. The van der Waals surface area contributed by atoms with Gasteiger partial charge in [0.25, 0.3) is 0 Å². The number of nitrogens with one attached hydrogen (secondary N) is 5. The first-order chi connectivity index (χ1) is 31.0. The summed E-state index contributed by atoms with van der Waals surface area (Å²) in [5.74, 6) is -5.65. The quantitative estimate of drug-likeness (QED) is 0.0462. The molecule has 0 saturated heterocycles. The second kappa shape index (κ2) is 31.1. The van der Waals surface area contributed by atoms with Gasteiger partial charge in [-0.2, -0.15) is 0 Å². The predicted molar refractivity (Wildman–Crippen MR) is 246 cm³/mol. The lowest BCUT2D eigenvalue weighted by Crippen LogP contribution is -2.59. The zero-order chi connectivity index (χ0) is 48.1. The van der Waals surface area contributed by atoms with E-state index in [0.717, 1.165) is 69.8 Å². The van der Waals surface area contributed by atoms with E-state index in [1.165, 1.54) is 6.92 Å². The van der Waals surface area contributed by atoms with Crippen molar-refractivity contribution >= 4 is 47.3 Å². The second-order valence-corrected chi connectivity index (χ2v) is 17.3. The Morgan fingerprint density at radius 1 is 0.508 bits per heavy atom. The molecular weight excluding hydrogens is 835 g/mol. The highest BCUT2D eigenvalue weighted by Crippen LogP contribution is 2.14. The van der Waals surface area contributed by atoms with E-state index >= 15 is 0 Å². The van der Waals surface area contributed by atoms with Gasteiger partial charge in [0.2, 0.25) is 41.4 Å². The number of hydrogen-bond acceptors (Lipinski definition) is 9. The summed E-state index contributed by atoms with van der Waals surface area (Å²) in [6.07, 6.45) is 10.2. The maximum Gasteiger partial charge on any atom is 0.326 e. The standard InChI is InChI=1S/C48H73N7O10/c1-32(2)28-37(45(61)52-36(44(50)60)29-34-22-16-14-17-23-34)53-47(63)43(33(3)56)55-42(59)27-21-13-11-9-7-5-4-6-8-10-12-20-26-41(58)51-38(31-40(49)57)46(62)54-39(48(64)65)30-35-24-18-15-19-25-35/h14-19,22-25,32-33,36-39,43,56H,4-13,20-21,26-31H2,1-3H3,(H2,49,57)(H2,50,60)(H,51,58)(H,52,61)(H,53,63)(H,54,62)(H,55,59)(H,64,65)/t33-,36+,37+,38+,39+,43+/m1/s1. The second-order valence-electron chi connectivity index (χ2n) is 17.3. The van der Waals surface area contributed by atoms with Crippen LogP contribution >= 0.6 is 0 Å². The summed E-state index contributed by atoms with van der Waals surface area (Å²) in [6.45, 7) is 5.15. The molecule has 0 spiro atoms. The fourth-order valence-electron chi connectivity index (χ4n) is 7.30. The van der Waals surface area contributed by atoms with E-state index in [2.05, 4.69) is 26.6 Å². The minimum absolute atomic E-state index is 0.00435. The third-order valence-corrected chi connectivity index (χ3v) is 10.9. The van der Waals surface area contributed by atoms with E-state index in [4.69, 9.17) is 11.5 Å². The van der Waals surface area contributed by atoms with Crippen LogP contribution in [0.15, 0.2) is 60.7 Å². The Kier molecular flexibility index (Phi) is 26.5. The van der Waals surface area contributed by atoms with Gasteiger partial charge in [-0.3, -0.25) is 33.6 Å². The molecule has 0 aliphatic heterocycles. The van der Waals surface area contributed by atoms with E-state index in [1.807, 2.05) is 44.2 Å². The number of aliphatic hydroxyl groups is 1. The fourth-order valence-corrected chi connectivity index (χ4v) is 7.30. The number of carbonyl (C=O) groups is 8. The number of aliphatic hydroxyl groups excluding tert-OH is 1. The van der Waals surface area contributed by atoms with Crippen molar-refractivity contribution in [3.63, 3.8) is 0 Å². The Morgan fingerprint density at radius 2 is 0.908 bits per heavy atom. The van der Waals surface area contributed by atoms with Gasteiger partial charge in [0.1, 0.15) is 30.2 Å². The number of carbonyl (C=O) groups excluding carboxylic acids is 7.